The van der Waals surface area contributed by atoms with Crippen molar-refractivity contribution in [1.29, 1.82) is 0 Å². The van der Waals surface area contributed by atoms with Crippen LogP contribution < -0.4 is 5.73 Å². The summed E-state index contributed by atoms with van der Waals surface area (Å²) in [5, 5.41) is 0. The van der Waals surface area contributed by atoms with Gasteiger partial charge in [-0.3, -0.25) is 0 Å². The van der Waals surface area contributed by atoms with Gasteiger partial charge in [-0.2, -0.15) is 0 Å². The molecule has 0 radical (unpaired) electrons. The van der Waals surface area contributed by atoms with Crippen LogP contribution in [-0.2, 0) is 0 Å². The van der Waals surface area contributed by atoms with Crippen molar-refractivity contribution in [3.63, 3.8) is 0 Å². The molecule has 2 heteroatoms. The van der Waals surface area contributed by atoms with Gasteiger partial charge in [0.1, 0.15) is 6.17 Å². The molecule has 0 saturated heterocycles. The van der Waals surface area contributed by atoms with E-state index in [9.17, 15) is 4.39 Å². The lowest BCUT2D eigenvalue weighted by atomic mass is 10.1. The molecule has 0 spiro atoms. The Morgan fingerprint density at radius 2 is 1.54 bits per heavy atom. The molecule has 13 heavy (non-hydrogen) atoms. The first-order chi connectivity index (χ1) is 6.31. The Kier molecular flexibility index (Phi) is 9.89. The highest BCUT2D eigenvalue weighted by Crippen LogP contribution is 2.10. The van der Waals surface area contributed by atoms with Crippen LogP contribution in [0.2, 0.25) is 0 Å². The van der Waals surface area contributed by atoms with Crippen LogP contribution in [0.15, 0.2) is 0 Å². The van der Waals surface area contributed by atoms with Crippen LogP contribution in [0.25, 0.3) is 0 Å². The summed E-state index contributed by atoms with van der Waals surface area (Å²) in [6.45, 7) is 2.41. The van der Waals surface area contributed by atoms with Gasteiger partial charge in [-0.05, 0) is 6.42 Å². The lowest BCUT2D eigenvalue weighted by Crippen LogP contribution is -2.14. The summed E-state index contributed by atoms with van der Waals surface area (Å²) in [7, 11) is 0. The van der Waals surface area contributed by atoms with Crippen LogP contribution in [0.3, 0.4) is 0 Å². The van der Waals surface area contributed by atoms with Crippen molar-refractivity contribution in [3.05, 3.63) is 0 Å². The number of rotatable bonds is 9. The molecule has 1 nitrogen and oxygen atoms in total. The predicted octanol–water partition coefficient (Wildman–Crippen LogP) is 3.42. The number of unbranched alkanes of at least 4 members (excludes halogenated alkanes) is 6. The Morgan fingerprint density at radius 3 is 2.08 bits per heavy atom. The maximum absolute atomic E-state index is 12.6. The van der Waals surface area contributed by atoms with Crippen molar-refractivity contribution in [2.24, 2.45) is 5.73 Å². The first kappa shape index (κ1) is 12.9. The average molecular weight is 189 g/mol. The zero-order valence-electron chi connectivity index (χ0n) is 8.90. The second-order valence-electron chi connectivity index (χ2n) is 3.74. The van der Waals surface area contributed by atoms with Crippen LogP contribution in [0.1, 0.15) is 58.3 Å². The van der Waals surface area contributed by atoms with Gasteiger partial charge in [-0.25, -0.2) is 4.39 Å². The summed E-state index contributed by atoms with van der Waals surface area (Å²) in [6.07, 6.45) is 8.61. The highest BCUT2D eigenvalue weighted by Gasteiger charge is 2.01. The Hall–Kier alpha value is -0.110. The molecule has 0 saturated carbocycles. The van der Waals surface area contributed by atoms with E-state index in [0.717, 1.165) is 6.42 Å². The van der Waals surface area contributed by atoms with E-state index in [4.69, 9.17) is 5.73 Å². The van der Waals surface area contributed by atoms with Gasteiger partial charge in [0.15, 0.2) is 0 Å². The normalized spacial score (nSPS) is 13.2. The third-order valence-corrected chi connectivity index (χ3v) is 2.38. The minimum atomic E-state index is -0.768. The van der Waals surface area contributed by atoms with E-state index in [1.54, 1.807) is 0 Å². The predicted molar refractivity (Wildman–Crippen MR) is 56.6 cm³/mol. The van der Waals surface area contributed by atoms with E-state index in [-0.39, 0.29) is 6.54 Å². The van der Waals surface area contributed by atoms with Gasteiger partial charge in [-0.1, -0.05) is 51.9 Å². The zero-order valence-corrected chi connectivity index (χ0v) is 8.90. The summed E-state index contributed by atoms with van der Waals surface area (Å²) >= 11 is 0. The fourth-order valence-electron chi connectivity index (χ4n) is 1.44. The Balaban J connectivity index is 2.91. The quantitative estimate of drug-likeness (QED) is 0.552. The van der Waals surface area contributed by atoms with Gasteiger partial charge in [-0.15, -0.1) is 0 Å². The smallest absolute Gasteiger partial charge is 0.112 e. The van der Waals surface area contributed by atoms with E-state index < -0.39 is 6.17 Å². The molecular weight excluding hydrogens is 165 g/mol. The van der Waals surface area contributed by atoms with E-state index in [2.05, 4.69) is 6.92 Å². The molecule has 2 N–H and O–H groups in total. The van der Waals surface area contributed by atoms with E-state index in [1.807, 2.05) is 0 Å². The van der Waals surface area contributed by atoms with Crippen molar-refractivity contribution in [3.8, 4) is 0 Å². The van der Waals surface area contributed by atoms with Gasteiger partial charge in [0.2, 0.25) is 0 Å². The van der Waals surface area contributed by atoms with Crippen molar-refractivity contribution >= 4 is 0 Å². The van der Waals surface area contributed by atoms with Gasteiger partial charge in [0.25, 0.3) is 0 Å². The Morgan fingerprint density at radius 1 is 1.00 bits per heavy atom. The van der Waals surface area contributed by atoms with Crippen molar-refractivity contribution in [1.82, 2.24) is 0 Å². The molecule has 0 aliphatic rings. The maximum atomic E-state index is 12.6. The van der Waals surface area contributed by atoms with Crippen LogP contribution in [0.4, 0.5) is 4.39 Å². The molecular formula is C11H24FN. The fourth-order valence-corrected chi connectivity index (χ4v) is 1.44. The average Bonchev–Trinajstić information content (AvgIpc) is 2.16. The highest BCUT2D eigenvalue weighted by molar-refractivity contribution is 4.56. The molecule has 0 aromatic carbocycles. The summed E-state index contributed by atoms with van der Waals surface area (Å²) < 4.78 is 12.6. The molecule has 0 aliphatic carbocycles. The summed E-state index contributed by atoms with van der Waals surface area (Å²) in [5.41, 5.74) is 5.18. The molecule has 1 unspecified atom stereocenters. The van der Waals surface area contributed by atoms with Crippen molar-refractivity contribution in [2.75, 3.05) is 6.54 Å². The molecule has 0 amide bonds. The monoisotopic (exact) mass is 189 g/mol. The van der Waals surface area contributed by atoms with E-state index >= 15 is 0 Å². The number of alkyl halides is 1. The number of halogens is 1. The second-order valence-corrected chi connectivity index (χ2v) is 3.74. The maximum Gasteiger partial charge on any atom is 0.112 e. The zero-order chi connectivity index (χ0) is 9.94. The SMILES string of the molecule is CCCCCCCCCC(F)CN. The topological polar surface area (TPSA) is 26.0 Å². The lowest BCUT2D eigenvalue weighted by molar-refractivity contribution is 0.312. The second kappa shape index (κ2) is 9.97. The molecule has 0 aromatic heterocycles. The lowest BCUT2D eigenvalue weighted by Gasteiger charge is -2.04. The summed E-state index contributed by atoms with van der Waals surface area (Å²) in [4.78, 5) is 0. The molecule has 0 bridgehead atoms. The molecule has 80 valence electrons. The minimum Gasteiger partial charge on any atom is -0.328 e. The standard InChI is InChI=1S/C11H24FN/c1-2-3-4-5-6-7-8-9-11(12)10-13/h11H,2-10,13H2,1H3. The summed E-state index contributed by atoms with van der Waals surface area (Å²) in [6, 6.07) is 0. The summed E-state index contributed by atoms with van der Waals surface area (Å²) in [5.74, 6) is 0. The molecule has 0 fully saturated rings. The van der Waals surface area contributed by atoms with Crippen molar-refractivity contribution < 1.29 is 4.39 Å². The van der Waals surface area contributed by atoms with Crippen LogP contribution in [0.5, 0.6) is 0 Å². The third kappa shape index (κ3) is 9.81. The van der Waals surface area contributed by atoms with Gasteiger partial charge in [0.05, 0.1) is 0 Å². The van der Waals surface area contributed by atoms with E-state index in [0.29, 0.717) is 6.42 Å². The van der Waals surface area contributed by atoms with Crippen LogP contribution in [-0.4, -0.2) is 12.7 Å². The fraction of sp³-hybridized carbons (Fsp3) is 1.00. The van der Waals surface area contributed by atoms with Gasteiger partial charge >= 0.3 is 0 Å². The number of nitrogens with two attached hydrogens (primary N) is 1. The minimum absolute atomic E-state index is 0.190. The highest BCUT2D eigenvalue weighted by atomic mass is 19.1. The largest absolute Gasteiger partial charge is 0.328 e. The molecule has 0 heterocycles. The Labute approximate surface area is 81.9 Å². The van der Waals surface area contributed by atoms with Gasteiger partial charge in [0, 0.05) is 6.54 Å². The number of hydrogen-bond donors (Lipinski definition) is 1. The van der Waals surface area contributed by atoms with Crippen molar-refractivity contribution in [2.45, 2.75) is 64.5 Å². The van der Waals surface area contributed by atoms with Gasteiger partial charge < -0.3 is 5.73 Å². The first-order valence-electron chi connectivity index (χ1n) is 5.65. The van der Waals surface area contributed by atoms with E-state index in [1.165, 1.54) is 38.5 Å². The third-order valence-electron chi connectivity index (χ3n) is 2.38. The molecule has 0 aromatic rings. The van der Waals surface area contributed by atoms with Crippen LogP contribution in [0, 0.1) is 0 Å². The molecule has 0 aliphatic heterocycles. The molecule has 0 rings (SSSR count). The number of hydrogen-bond acceptors (Lipinski definition) is 1. The Bertz CT molecular complexity index is 96.1. The van der Waals surface area contributed by atoms with Crippen LogP contribution >= 0.6 is 0 Å². The molecule has 1 atom stereocenters. The first-order valence-corrected chi connectivity index (χ1v) is 5.65.